The smallest absolute Gasteiger partial charge is 0.257 e. The number of carbonyl (C=O) groups excluding carboxylic acids is 2. The fourth-order valence-corrected chi connectivity index (χ4v) is 5.57. The summed E-state index contributed by atoms with van der Waals surface area (Å²) in [6.45, 7) is 4.30. The van der Waals surface area contributed by atoms with Gasteiger partial charge in [-0.15, -0.1) is 0 Å². The lowest BCUT2D eigenvalue weighted by Crippen LogP contribution is -2.51. The van der Waals surface area contributed by atoms with E-state index >= 15 is 0 Å². The molecule has 6 nitrogen and oxygen atoms in total. The number of carbonyl (C=O) groups is 2. The molecule has 2 atom stereocenters. The van der Waals surface area contributed by atoms with E-state index in [0.717, 1.165) is 70.9 Å². The van der Waals surface area contributed by atoms with Gasteiger partial charge >= 0.3 is 0 Å². The molecule has 0 unspecified atom stereocenters. The lowest BCUT2D eigenvalue weighted by molar-refractivity contribution is 0.0264. The standard InChI is InChI=1S/C30H40N2O4/c1-3-20-31-21-12-4-5-13-22-32(30(34)23-14-6-9-17-26(23)35-2)25-16-8-11-19-28(25)36-27-18-10-7-15-24(27)29(31)33/h6-7,9-10,14-15,17-18,25,28H,3-5,8,11-13,16,19-22H2,1-2H3/t25-,28+/m1/s1. The highest BCUT2D eigenvalue weighted by Gasteiger charge is 2.36. The molecule has 0 spiro atoms. The van der Waals surface area contributed by atoms with Crippen molar-refractivity contribution in [2.24, 2.45) is 0 Å². The second kappa shape index (κ2) is 12.8. The normalized spacial score (nSPS) is 21.6. The number of nitrogens with zero attached hydrogens (tertiary/aromatic N) is 2. The van der Waals surface area contributed by atoms with E-state index < -0.39 is 0 Å². The molecular formula is C30H40N2O4. The maximum Gasteiger partial charge on any atom is 0.257 e. The van der Waals surface area contributed by atoms with E-state index in [1.165, 1.54) is 0 Å². The molecule has 36 heavy (non-hydrogen) atoms. The van der Waals surface area contributed by atoms with Gasteiger partial charge in [0.2, 0.25) is 0 Å². The predicted molar refractivity (Wildman–Crippen MR) is 142 cm³/mol. The zero-order valence-electron chi connectivity index (χ0n) is 21.8. The van der Waals surface area contributed by atoms with E-state index in [1.807, 2.05) is 58.3 Å². The van der Waals surface area contributed by atoms with Gasteiger partial charge in [-0.05, 0) is 62.8 Å². The molecule has 1 aliphatic heterocycles. The molecule has 0 radical (unpaired) electrons. The van der Waals surface area contributed by atoms with Crippen LogP contribution < -0.4 is 9.47 Å². The Bertz CT molecular complexity index is 1020. The zero-order chi connectivity index (χ0) is 25.3. The number of amides is 2. The highest BCUT2D eigenvalue weighted by molar-refractivity contribution is 5.97. The number of para-hydroxylation sites is 2. The largest absolute Gasteiger partial charge is 0.496 e. The minimum absolute atomic E-state index is 0.00136. The second-order valence-corrected chi connectivity index (χ2v) is 9.91. The van der Waals surface area contributed by atoms with Gasteiger partial charge in [0.1, 0.15) is 17.6 Å². The van der Waals surface area contributed by atoms with Crippen LogP contribution in [0.3, 0.4) is 0 Å². The summed E-state index contributed by atoms with van der Waals surface area (Å²) in [6.07, 6.45) is 8.60. The molecule has 6 heteroatoms. The highest BCUT2D eigenvalue weighted by Crippen LogP contribution is 2.32. The van der Waals surface area contributed by atoms with Gasteiger partial charge in [-0.1, -0.05) is 50.5 Å². The summed E-state index contributed by atoms with van der Waals surface area (Å²) < 4.78 is 12.2. The van der Waals surface area contributed by atoms with Gasteiger partial charge in [-0.25, -0.2) is 0 Å². The highest BCUT2D eigenvalue weighted by atomic mass is 16.5. The molecule has 1 heterocycles. The minimum Gasteiger partial charge on any atom is -0.496 e. The molecule has 194 valence electrons. The van der Waals surface area contributed by atoms with Gasteiger partial charge < -0.3 is 19.3 Å². The molecule has 4 rings (SSSR count). The molecule has 2 amide bonds. The van der Waals surface area contributed by atoms with E-state index in [0.29, 0.717) is 29.2 Å². The van der Waals surface area contributed by atoms with Gasteiger partial charge in [0.15, 0.2) is 0 Å². The van der Waals surface area contributed by atoms with Gasteiger partial charge in [-0.2, -0.15) is 0 Å². The molecule has 2 aromatic carbocycles. The summed E-state index contributed by atoms with van der Waals surface area (Å²) in [5.41, 5.74) is 1.21. The third-order valence-electron chi connectivity index (χ3n) is 7.42. The molecule has 0 bridgehead atoms. The first-order valence-electron chi connectivity index (χ1n) is 13.6. The quantitative estimate of drug-likeness (QED) is 0.529. The number of hydrogen-bond donors (Lipinski definition) is 0. The first kappa shape index (κ1) is 26.1. The maximum atomic E-state index is 13.9. The molecule has 2 aliphatic rings. The van der Waals surface area contributed by atoms with E-state index in [1.54, 1.807) is 7.11 Å². The van der Waals surface area contributed by atoms with E-state index in [4.69, 9.17) is 9.47 Å². The van der Waals surface area contributed by atoms with Crippen molar-refractivity contribution < 1.29 is 19.1 Å². The summed E-state index contributed by atoms with van der Waals surface area (Å²) in [7, 11) is 1.61. The molecule has 1 saturated carbocycles. The van der Waals surface area contributed by atoms with Crippen molar-refractivity contribution in [3.05, 3.63) is 59.7 Å². The minimum atomic E-state index is -0.158. The van der Waals surface area contributed by atoms with E-state index in [-0.39, 0.29) is 24.0 Å². The van der Waals surface area contributed by atoms with Gasteiger partial charge in [-0.3, -0.25) is 9.59 Å². The van der Waals surface area contributed by atoms with Crippen LogP contribution in [0.15, 0.2) is 48.5 Å². The Labute approximate surface area is 215 Å². The van der Waals surface area contributed by atoms with Gasteiger partial charge in [0.05, 0.1) is 24.3 Å². The van der Waals surface area contributed by atoms with Crippen LogP contribution >= 0.6 is 0 Å². The van der Waals surface area contributed by atoms with Gasteiger partial charge in [0, 0.05) is 19.6 Å². The first-order chi connectivity index (χ1) is 17.6. The van der Waals surface area contributed by atoms with Crippen molar-refractivity contribution in [3.8, 4) is 11.5 Å². The Hall–Kier alpha value is -3.02. The van der Waals surface area contributed by atoms with Crippen LogP contribution in [0.1, 0.15) is 85.4 Å². The van der Waals surface area contributed by atoms with Crippen molar-refractivity contribution in [1.82, 2.24) is 9.80 Å². The van der Waals surface area contributed by atoms with Crippen molar-refractivity contribution >= 4 is 11.8 Å². The summed E-state index contributed by atoms with van der Waals surface area (Å²) in [4.78, 5) is 31.5. The average molecular weight is 493 g/mol. The van der Waals surface area contributed by atoms with E-state index in [9.17, 15) is 9.59 Å². The van der Waals surface area contributed by atoms with Crippen molar-refractivity contribution in [2.75, 3.05) is 26.7 Å². The van der Waals surface area contributed by atoms with Crippen LogP contribution in [0.5, 0.6) is 11.5 Å². The number of methoxy groups -OCH3 is 1. The summed E-state index contributed by atoms with van der Waals surface area (Å²) in [6, 6.07) is 15.0. The molecule has 1 fully saturated rings. The SMILES string of the molecule is CCCN1CCCCCCN(C(=O)c2ccccc2OC)[C@@H]2CCCC[C@@H]2Oc2ccccc2C1=O. The van der Waals surface area contributed by atoms with Gasteiger partial charge in [0.25, 0.3) is 11.8 Å². The third-order valence-corrected chi connectivity index (χ3v) is 7.42. The summed E-state index contributed by atoms with van der Waals surface area (Å²) in [5.74, 6) is 1.27. The topological polar surface area (TPSA) is 59.1 Å². The van der Waals surface area contributed by atoms with Crippen molar-refractivity contribution in [3.63, 3.8) is 0 Å². The van der Waals surface area contributed by atoms with Crippen LogP contribution in [0.25, 0.3) is 0 Å². The first-order valence-corrected chi connectivity index (χ1v) is 13.6. The van der Waals surface area contributed by atoms with E-state index in [2.05, 4.69) is 6.92 Å². The number of benzene rings is 2. The molecule has 1 aliphatic carbocycles. The summed E-state index contributed by atoms with van der Waals surface area (Å²) >= 11 is 0. The average Bonchev–Trinajstić information content (AvgIpc) is 2.92. The Morgan fingerprint density at radius 2 is 1.67 bits per heavy atom. The molecule has 2 aromatic rings. The Kier molecular flexibility index (Phi) is 9.26. The molecule has 0 N–H and O–H groups in total. The lowest BCUT2D eigenvalue weighted by atomic mass is 9.90. The predicted octanol–water partition coefficient (Wildman–Crippen LogP) is 5.95. The Morgan fingerprint density at radius 3 is 2.47 bits per heavy atom. The second-order valence-electron chi connectivity index (χ2n) is 9.91. The zero-order valence-corrected chi connectivity index (χ0v) is 21.8. The third kappa shape index (κ3) is 6.03. The fraction of sp³-hybridized carbons (Fsp3) is 0.533. The van der Waals surface area contributed by atoms with Crippen molar-refractivity contribution in [1.29, 1.82) is 0 Å². The maximum absolute atomic E-state index is 13.9. The van der Waals surface area contributed by atoms with Crippen LogP contribution in [-0.4, -0.2) is 60.5 Å². The molecular weight excluding hydrogens is 452 g/mol. The number of rotatable bonds is 4. The molecule has 0 aromatic heterocycles. The monoisotopic (exact) mass is 492 g/mol. The lowest BCUT2D eigenvalue weighted by Gasteiger charge is -2.40. The van der Waals surface area contributed by atoms with Crippen LogP contribution in [0.2, 0.25) is 0 Å². The fourth-order valence-electron chi connectivity index (χ4n) is 5.57. The Balaban J connectivity index is 1.69. The number of hydrogen-bond acceptors (Lipinski definition) is 4. The Morgan fingerprint density at radius 1 is 0.944 bits per heavy atom. The number of fused-ring (bicyclic) bond motifs is 2. The summed E-state index contributed by atoms with van der Waals surface area (Å²) in [5, 5.41) is 0. The van der Waals surface area contributed by atoms with Crippen LogP contribution in [-0.2, 0) is 0 Å². The molecule has 0 saturated heterocycles. The van der Waals surface area contributed by atoms with Crippen LogP contribution in [0.4, 0.5) is 0 Å². The number of ether oxygens (including phenoxy) is 2. The van der Waals surface area contributed by atoms with Crippen molar-refractivity contribution in [2.45, 2.75) is 76.9 Å². The van der Waals surface area contributed by atoms with Crippen LogP contribution in [0, 0.1) is 0 Å².